The number of carbonyl (C=O) groups is 1. The lowest BCUT2D eigenvalue weighted by Crippen LogP contribution is -2.20. The van der Waals surface area contributed by atoms with Crippen LogP contribution >= 0.6 is 23.2 Å². The molecule has 0 unspecified atom stereocenters. The Hall–Kier alpha value is -1.98. The molecule has 4 nitrogen and oxygen atoms in total. The molecule has 3 N–H and O–H groups in total. The Bertz CT molecular complexity index is 660. The number of carbonyl (C=O) groups excluding carboxylic acids is 1. The van der Waals surface area contributed by atoms with Crippen LogP contribution in [0, 0.1) is 5.82 Å². The monoisotopic (exact) mass is 328 g/mol. The summed E-state index contributed by atoms with van der Waals surface area (Å²) in [6.07, 6.45) is 0. The lowest BCUT2D eigenvalue weighted by Gasteiger charge is -2.10. The number of nitrogens with two attached hydrogens (primary N) is 1. The molecule has 0 radical (unpaired) electrons. The maximum atomic E-state index is 12.9. The zero-order valence-corrected chi connectivity index (χ0v) is 12.2. The van der Waals surface area contributed by atoms with Crippen molar-refractivity contribution < 1.29 is 13.9 Å². The maximum Gasteiger partial charge on any atom is 0.262 e. The number of halogens is 3. The summed E-state index contributed by atoms with van der Waals surface area (Å²) < 4.78 is 18.2. The van der Waals surface area contributed by atoms with Crippen molar-refractivity contribution in [3.8, 4) is 5.75 Å². The Kier molecular flexibility index (Phi) is 4.88. The standard InChI is InChI=1S/C14H11Cl2FN2O2/c15-8-3-9(16)5-11(4-8)21-7-14(20)19-13-2-1-10(17)6-12(13)18/h1-6H,7,18H2,(H,19,20). The molecule has 0 saturated heterocycles. The molecule has 0 spiro atoms. The van der Waals surface area contributed by atoms with E-state index in [9.17, 15) is 9.18 Å². The van der Waals surface area contributed by atoms with E-state index in [1.807, 2.05) is 0 Å². The number of benzene rings is 2. The molecule has 110 valence electrons. The minimum atomic E-state index is -0.477. The van der Waals surface area contributed by atoms with Gasteiger partial charge in [0.25, 0.3) is 5.91 Å². The molecule has 21 heavy (non-hydrogen) atoms. The van der Waals surface area contributed by atoms with Crippen LogP contribution in [0.5, 0.6) is 5.75 Å². The minimum Gasteiger partial charge on any atom is -0.484 e. The molecule has 0 bridgehead atoms. The number of hydrogen-bond donors (Lipinski definition) is 2. The second kappa shape index (κ2) is 6.65. The van der Waals surface area contributed by atoms with Gasteiger partial charge >= 0.3 is 0 Å². The van der Waals surface area contributed by atoms with Crippen LogP contribution in [0.2, 0.25) is 10.0 Å². The Morgan fingerprint density at radius 2 is 1.86 bits per heavy atom. The zero-order chi connectivity index (χ0) is 15.4. The summed E-state index contributed by atoms with van der Waals surface area (Å²) in [5.74, 6) is -0.547. The zero-order valence-electron chi connectivity index (χ0n) is 10.7. The van der Waals surface area contributed by atoms with Crippen LogP contribution in [-0.4, -0.2) is 12.5 Å². The Morgan fingerprint density at radius 3 is 2.48 bits per heavy atom. The van der Waals surface area contributed by atoms with E-state index in [1.165, 1.54) is 24.3 Å². The first-order chi connectivity index (χ1) is 9.94. The summed E-state index contributed by atoms with van der Waals surface area (Å²) in [5.41, 5.74) is 6.03. The van der Waals surface area contributed by atoms with Crippen LogP contribution in [0.1, 0.15) is 0 Å². The normalized spacial score (nSPS) is 10.2. The summed E-state index contributed by atoms with van der Waals surface area (Å²) >= 11 is 11.6. The van der Waals surface area contributed by atoms with Crippen molar-refractivity contribution in [3.05, 3.63) is 52.3 Å². The lowest BCUT2D eigenvalue weighted by molar-refractivity contribution is -0.118. The summed E-state index contributed by atoms with van der Waals surface area (Å²) in [7, 11) is 0. The second-order valence-electron chi connectivity index (χ2n) is 4.17. The van der Waals surface area contributed by atoms with Gasteiger partial charge in [-0.2, -0.15) is 0 Å². The van der Waals surface area contributed by atoms with Crippen LogP contribution in [0.4, 0.5) is 15.8 Å². The molecule has 7 heteroatoms. The van der Waals surface area contributed by atoms with E-state index in [0.717, 1.165) is 6.07 Å². The smallest absolute Gasteiger partial charge is 0.262 e. The van der Waals surface area contributed by atoms with Crippen LogP contribution in [0.15, 0.2) is 36.4 Å². The van der Waals surface area contributed by atoms with Crippen LogP contribution < -0.4 is 15.8 Å². The van der Waals surface area contributed by atoms with E-state index in [2.05, 4.69) is 5.32 Å². The third-order valence-electron chi connectivity index (χ3n) is 2.49. The van der Waals surface area contributed by atoms with Crippen molar-refractivity contribution in [1.29, 1.82) is 0 Å². The highest BCUT2D eigenvalue weighted by Gasteiger charge is 2.08. The van der Waals surface area contributed by atoms with Gasteiger partial charge in [-0.3, -0.25) is 4.79 Å². The molecule has 0 atom stereocenters. The number of anilines is 2. The van der Waals surface area contributed by atoms with Crippen LogP contribution in [-0.2, 0) is 4.79 Å². The largest absolute Gasteiger partial charge is 0.484 e. The van der Waals surface area contributed by atoms with E-state index in [4.69, 9.17) is 33.7 Å². The maximum absolute atomic E-state index is 12.9. The summed E-state index contributed by atoms with van der Waals surface area (Å²) in [4.78, 5) is 11.7. The van der Waals surface area contributed by atoms with Gasteiger partial charge in [0, 0.05) is 10.0 Å². The van der Waals surface area contributed by atoms with Gasteiger partial charge in [-0.15, -0.1) is 0 Å². The van der Waals surface area contributed by atoms with E-state index in [-0.39, 0.29) is 12.3 Å². The molecular weight excluding hydrogens is 318 g/mol. The summed E-state index contributed by atoms with van der Waals surface area (Å²) in [5, 5.41) is 3.32. The van der Waals surface area contributed by atoms with E-state index in [1.54, 1.807) is 6.07 Å². The van der Waals surface area contributed by atoms with Crippen molar-refractivity contribution in [3.63, 3.8) is 0 Å². The minimum absolute atomic E-state index is 0.133. The predicted octanol–water partition coefficient (Wildman–Crippen LogP) is 3.73. The number of rotatable bonds is 4. The van der Waals surface area contributed by atoms with Crippen molar-refractivity contribution in [2.45, 2.75) is 0 Å². The molecule has 0 heterocycles. The van der Waals surface area contributed by atoms with Gasteiger partial charge in [-0.1, -0.05) is 23.2 Å². The van der Waals surface area contributed by atoms with E-state index >= 15 is 0 Å². The average molecular weight is 329 g/mol. The molecule has 0 fully saturated rings. The molecule has 0 saturated carbocycles. The molecule has 2 aromatic carbocycles. The molecular formula is C14H11Cl2FN2O2. The molecule has 2 aromatic rings. The first-order valence-corrected chi connectivity index (χ1v) is 6.63. The quantitative estimate of drug-likeness (QED) is 0.840. The Balaban J connectivity index is 1.95. The first-order valence-electron chi connectivity index (χ1n) is 5.88. The summed E-state index contributed by atoms with van der Waals surface area (Å²) in [6.45, 7) is -0.256. The van der Waals surface area contributed by atoms with Gasteiger partial charge in [0.1, 0.15) is 11.6 Å². The van der Waals surface area contributed by atoms with Crippen molar-refractivity contribution in [1.82, 2.24) is 0 Å². The third-order valence-corrected chi connectivity index (χ3v) is 2.93. The second-order valence-corrected chi connectivity index (χ2v) is 5.05. The highest BCUT2D eigenvalue weighted by molar-refractivity contribution is 6.34. The number of hydrogen-bond acceptors (Lipinski definition) is 3. The van der Waals surface area contributed by atoms with E-state index < -0.39 is 11.7 Å². The highest BCUT2D eigenvalue weighted by Crippen LogP contribution is 2.24. The fourth-order valence-electron chi connectivity index (χ4n) is 1.59. The van der Waals surface area contributed by atoms with Gasteiger partial charge in [0.2, 0.25) is 0 Å². The lowest BCUT2D eigenvalue weighted by atomic mass is 10.2. The van der Waals surface area contributed by atoms with Gasteiger partial charge in [0.05, 0.1) is 11.4 Å². The number of ether oxygens (including phenoxy) is 1. The summed E-state index contributed by atoms with van der Waals surface area (Å²) in [6, 6.07) is 8.31. The van der Waals surface area contributed by atoms with Gasteiger partial charge in [-0.25, -0.2) is 4.39 Å². The fourth-order valence-corrected chi connectivity index (χ4v) is 2.10. The Labute approximate surface area is 130 Å². The molecule has 1 amide bonds. The van der Waals surface area contributed by atoms with Crippen molar-refractivity contribution in [2.24, 2.45) is 0 Å². The number of nitrogens with one attached hydrogen (secondary N) is 1. The van der Waals surface area contributed by atoms with E-state index in [0.29, 0.717) is 21.5 Å². The predicted molar refractivity (Wildman–Crippen MR) is 81.4 cm³/mol. The van der Waals surface area contributed by atoms with Gasteiger partial charge < -0.3 is 15.8 Å². The molecule has 0 aliphatic carbocycles. The Morgan fingerprint density at radius 1 is 1.19 bits per heavy atom. The average Bonchev–Trinajstić information content (AvgIpc) is 2.39. The number of amides is 1. The fraction of sp³-hybridized carbons (Fsp3) is 0.0714. The van der Waals surface area contributed by atoms with Gasteiger partial charge in [-0.05, 0) is 36.4 Å². The molecule has 0 aromatic heterocycles. The third kappa shape index (κ3) is 4.51. The van der Waals surface area contributed by atoms with Crippen LogP contribution in [0.25, 0.3) is 0 Å². The topological polar surface area (TPSA) is 64.3 Å². The number of nitrogen functional groups attached to an aromatic ring is 1. The molecule has 0 aliphatic rings. The highest BCUT2D eigenvalue weighted by atomic mass is 35.5. The van der Waals surface area contributed by atoms with Gasteiger partial charge in [0.15, 0.2) is 6.61 Å². The SMILES string of the molecule is Nc1cc(F)ccc1NC(=O)COc1cc(Cl)cc(Cl)c1. The van der Waals surface area contributed by atoms with Crippen LogP contribution in [0.3, 0.4) is 0 Å². The molecule has 2 rings (SSSR count). The van der Waals surface area contributed by atoms with Crippen molar-refractivity contribution >= 4 is 40.5 Å². The first kappa shape index (κ1) is 15.4. The molecule has 0 aliphatic heterocycles. The van der Waals surface area contributed by atoms with Crippen molar-refractivity contribution in [2.75, 3.05) is 17.7 Å².